The molecule has 0 unspecified atom stereocenters. The van der Waals surface area contributed by atoms with Crippen LogP contribution in [0.2, 0.25) is 0 Å². The number of Topliss-reactive ketones (excluding diaryl/α,β-unsaturated/α-hetero) is 1. The normalized spacial score (nSPS) is 46.6. The van der Waals surface area contributed by atoms with E-state index >= 15 is 0 Å². The first-order valence-corrected chi connectivity index (χ1v) is 16.0. The van der Waals surface area contributed by atoms with Gasteiger partial charge in [-0.3, -0.25) is 13.8 Å². The van der Waals surface area contributed by atoms with Gasteiger partial charge in [-0.05, 0) is 50.0 Å². The van der Waals surface area contributed by atoms with Gasteiger partial charge in [0.15, 0.2) is 23.5 Å². The Kier molecular flexibility index (Phi) is 6.39. The van der Waals surface area contributed by atoms with Crippen molar-refractivity contribution in [1.82, 2.24) is 0 Å². The van der Waals surface area contributed by atoms with Crippen LogP contribution in [0, 0.1) is 34.5 Å². The highest BCUT2D eigenvalue weighted by Crippen LogP contribution is 2.69. The molecule has 0 radical (unpaired) electrons. The Bertz CT molecular complexity index is 1180. The van der Waals surface area contributed by atoms with Crippen LogP contribution in [0.15, 0.2) is 23.8 Å². The average molecular weight is 549 g/mol. The van der Waals surface area contributed by atoms with Gasteiger partial charge in [-0.2, -0.15) is 8.42 Å². The molecule has 6 rings (SSSR count). The predicted octanol–water partition coefficient (Wildman–Crippen LogP) is 3.48. The van der Waals surface area contributed by atoms with E-state index in [2.05, 4.69) is 13.0 Å². The lowest BCUT2D eigenvalue weighted by molar-refractivity contribution is -0.207. The molecule has 38 heavy (non-hydrogen) atoms. The number of aliphatic hydroxyl groups excluding tert-OH is 1. The Morgan fingerprint density at radius 3 is 2.66 bits per heavy atom. The van der Waals surface area contributed by atoms with E-state index in [1.165, 1.54) is 6.42 Å². The summed E-state index contributed by atoms with van der Waals surface area (Å²) < 4.78 is 42.0. The molecule has 1 saturated heterocycles. The van der Waals surface area contributed by atoms with Gasteiger partial charge in [0.2, 0.25) is 0 Å². The van der Waals surface area contributed by atoms with E-state index in [0.717, 1.165) is 43.9 Å². The zero-order valence-electron chi connectivity index (χ0n) is 22.6. The van der Waals surface area contributed by atoms with Crippen molar-refractivity contribution in [1.29, 1.82) is 0 Å². The molecule has 0 aromatic rings. The molecule has 0 spiro atoms. The van der Waals surface area contributed by atoms with Crippen LogP contribution in [0.25, 0.3) is 0 Å². The summed E-state index contributed by atoms with van der Waals surface area (Å²) >= 11 is 0. The SMILES string of the molecule is C[C@]12C=CC(=O)CC1=CC[C@@H]1[C@@H]2[C@@H](O)C[C@@]2(C)[C@H]1C[C@H]1O[C@@H](C3CCCCC3)O[C@]12C(=O)COS(C)(=O)=O. The Morgan fingerprint density at radius 2 is 1.95 bits per heavy atom. The van der Waals surface area contributed by atoms with Gasteiger partial charge in [-0.15, -0.1) is 0 Å². The standard InChI is InChI=1S/C29H40O8S/c1-27-12-11-19(30)13-18(27)9-10-20-21-14-24-29(23(32)16-35-38(3,33)34,28(21,2)15-22(31)25(20)27)37-26(36-24)17-7-5-4-6-8-17/h9,11-12,17,20-22,24-26,31H,4-8,10,13-16H2,1-3H3/t20-,21-,22-,24+,25+,26+,27-,28-,29+/m0/s1. The lowest BCUT2D eigenvalue weighted by Gasteiger charge is -2.59. The summed E-state index contributed by atoms with van der Waals surface area (Å²) in [6.07, 6.45) is 12.4. The van der Waals surface area contributed by atoms with Gasteiger partial charge >= 0.3 is 0 Å². The molecule has 1 heterocycles. The van der Waals surface area contributed by atoms with Gasteiger partial charge in [0.05, 0.1) is 18.5 Å². The summed E-state index contributed by atoms with van der Waals surface area (Å²) in [7, 11) is -3.83. The molecule has 5 aliphatic carbocycles. The van der Waals surface area contributed by atoms with Gasteiger partial charge in [-0.25, -0.2) is 0 Å². The van der Waals surface area contributed by atoms with Crippen molar-refractivity contribution in [3.63, 3.8) is 0 Å². The molecule has 9 heteroatoms. The maximum absolute atomic E-state index is 14.0. The highest BCUT2D eigenvalue weighted by molar-refractivity contribution is 7.86. The fourth-order valence-electron chi connectivity index (χ4n) is 9.39. The molecule has 8 nitrogen and oxygen atoms in total. The Morgan fingerprint density at radius 1 is 1.21 bits per heavy atom. The van der Waals surface area contributed by atoms with Crippen LogP contribution >= 0.6 is 0 Å². The third kappa shape index (κ3) is 3.86. The van der Waals surface area contributed by atoms with E-state index in [1.807, 2.05) is 13.0 Å². The first kappa shape index (κ1) is 26.8. The van der Waals surface area contributed by atoms with Crippen molar-refractivity contribution in [3.05, 3.63) is 23.8 Å². The van der Waals surface area contributed by atoms with Crippen molar-refractivity contribution in [3.8, 4) is 0 Å². The van der Waals surface area contributed by atoms with E-state index in [-0.39, 0.29) is 29.5 Å². The zero-order chi connectivity index (χ0) is 27.1. The highest BCUT2D eigenvalue weighted by atomic mass is 32.2. The van der Waals surface area contributed by atoms with E-state index in [9.17, 15) is 23.1 Å². The molecule has 0 amide bonds. The molecule has 210 valence electrons. The molecule has 9 atom stereocenters. The number of ketones is 2. The number of carbonyl (C=O) groups is 2. The molecular weight excluding hydrogens is 508 g/mol. The number of ether oxygens (including phenoxy) is 2. The number of carbonyl (C=O) groups excluding carboxylic acids is 2. The fourth-order valence-corrected chi connectivity index (χ4v) is 9.71. The lowest BCUT2D eigenvalue weighted by atomic mass is 9.47. The maximum atomic E-state index is 14.0. The molecule has 0 aromatic carbocycles. The molecular formula is C29H40O8S. The Hall–Kier alpha value is -1.39. The number of aliphatic hydroxyl groups is 1. The summed E-state index contributed by atoms with van der Waals surface area (Å²) in [5, 5.41) is 11.8. The lowest BCUT2D eigenvalue weighted by Crippen LogP contribution is -2.63. The topological polar surface area (TPSA) is 116 Å². The van der Waals surface area contributed by atoms with Crippen LogP contribution in [-0.4, -0.2) is 62.1 Å². The van der Waals surface area contributed by atoms with Crippen LogP contribution < -0.4 is 0 Å². The largest absolute Gasteiger partial charge is 0.393 e. The fraction of sp³-hybridized carbons (Fsp3) is 0.793. The van der Waals surface area contributed by atoms with Gasteiger partial charge in [-0.1, -0.05) is 50.8 Å². The minimum Gasteiger partial charge on any atom is -0.393 e. The summed E-state index contributed by atoms with van der Waals surface area (Å²) in [5.74, 6) is -0.121. The molecule has 0 bridgehead atoms. The Balaban J connectivity index is 1.38. The van der Waals surface area contributed by atoms with Gasteiger partial charge in [0.1, 0.15) is 6.61 Å². The number of fused-ring (bicyclic) bond motifs is 7. The number of hydrogen-bond donors (Lipinski definition) is 1. The second-order valence-corrected chi connectivity index (χ2v) is 14.7. The minimum atomic E-state index is -3.83. The molecule has 0 aromatic heterocycles. The summed E-state index contributed by atoms with van der Waals surface area (Å²) in [6, 6.07) is 0. The zero-order valence-corrected chi connectivity index (χ0v) is 23.4. The van der Waals surface area contributed by atoms with Crippen LogP contribution in [0.4, 0.5) is 0 Å². The predicted molar refractivity (Wildman–Crippen MR) is 138 cm³/mol. The van der Waals surface area contributed by atoms with Crippen LogP contribution in [0.5, 0.6) is 0 Å². The smallest absolute Gasteiger partial charge is 0.264 e. The van der Waals surface area contributed by atoms with E-state index < -0.39 is 57.4 Å². The summed E-state index contributed by atoms with van der Waals surface area (Å²) in [6.45, 7) is 3.55. The summed E-state index contributed by atoms with van der Waals surface area (Å²) in [5.41, 5.74) is -1.47. The van der Waals surface area contributed by atoms with Crippen LogP contribution in [0.3, 0.4) is 0 Å². The first-order chi connectivity index (χ1) is 17.9. The molecule has 4 fully saturated rings. The number of hydrogen-bond acceptors (Lipinski definition) is 8. The van der Waals surface area contributed by atoms with E-state index in [4.69, 9.17) is 13.7 Å². The van der Waals surface area contributed by atoms with Crippen molar-refractivity contribution in [2.45, 2.75) is 95.7 Å². The highest BCUT2D eigenvalue weighted by Gasteiger charge is 2.76. The molecule has 6 aliphatic rings. The van der Waals surface area contributed by atoms with E-state index in [0.29, 0.717) is 19.3 Å². The second kappa shape index (κ2) is 9.06. The van der Waals surface area contributed by atoms with Gasteiger partial charge in [0.25, 0.3) is 10.1 Å². The van der Waals surface area contributed by atoms with Gasteiger partial charge in [0, 0.05) is 29.1 Å². The molecule has 3 saturated carbocycles. The monoisotopic (exact) mass is 548 g/mol. The van der Waals surface area contributed by atoms with Crippen molar-refractivity contribution in [2.24, 2.45) is 34.5 Å². The number of rotatable bonds is 5. The maximum Gasteiger partial charge on any atom is 0.264 e. The second-order valence-electron chi connectivity index (χ2n) is 13.1. The van der Waals surface area contributed by atoms with Gasteiger partial charge < -0.3 is 14.6 Å². The third-order valence-corrected chi connectivity index (χ3v) is 11.6. The average Bonchev–Trinajstić information content (AvgIpc) is 3.36. The quantitative estimate of drug-likeness (QED) is 0.410. The van der Waals surface area contributed by atoms with E-state index in [1.54, 1.807) is 6.08 Å². The van der Waals surface area contributed by atoms with Crippen LogP contribution in [0.1, 0.15) is 71.6 Å². The van der Waals surface area contributed by atoms with Crippen molar-refractivity contribution >= 4 is 21.7 Å². The minimum absolute atomic E-state index is 0.0241. The Labute approximate surface area is 225 Å². The van der Waals surface area contributed by atoms with Crippen molar-refractivity contribution in [2.75, 3.05) is 12.9 Å². The van der Waals surface area contributed by atoms with Crippen LogP contribution in [-0.2, 0) is 33.4 Å². The first-order valence-electron chi connectivity index (χ1n) is 14.2. The van der Waals surface area contributed by atoms with Crippen molar-refractivity contribution < 1.29 is 36.8 Å². The molecule has 1 N–H and O–H groups in total. The number of allylic oxidation sites excluding steroid dienone is 4. The summed E-state index contributed by atoms with van der Waals surface area (Å²) in [4.78, 5) is 26.2. The third-order valence-electron chi connectivity index (χ3n) is 11.1. The molecule has 1 aliphatic heterocycles.